The van der Waals surface area contributed by atoms with Gasteiger partial charge in [0.05, 0.1) is 0 Å². The van der Waals surface area contributed by atoms with E-state index in [-0.39, 0.29) is 11.8 Å². The smallest absolute Gasteiger partial charge is 0.228 e. The Morgan fingerprint density at radius 1 is 1.75 bits per heavy atom. The highest BCUT2D eigenvalue weighted by Gasteiger charge is 2.13. The standard InChI is InChI=1S/C10H15N3O2S/c1-4-6(2)9(14)12-10-11-8(5-16-10)7(3)13-15/h5-6,15H,4H2,1-3H3,(H,11,12,14). The zero-order valence-corrected chi connectivity index (χ0v) is 10.3. The topological polar surface area (TPSA) is 74.6 Å². The first-order valence-electron chi connectivity index (χ1n) is 5.03. The van der Waals surface area contributed by atoms with Gasteiger partial charge in [0.25, 0.3) is 0 Å². The van der Waals surface area contributed by atoms with Crippen LogP contribution in [-0.4, -0.2) is 21.8 Å². The Bertz CT molecular complexity index is 401. The van der Waals surface area contributed by atoms with Crippen molar-refractivity contribution in [1.82, 2.24) is 4.98 Å². The number of carbonyl (C=O) groups is 1. The summed E-state index contributed by atoms with van der Waals surface area (Å²) in [6.07, 6.45) is 0.793. The van der Waals surface area contributed by atoms with Crippen molar-refractivity contribution >= 4 is 28.1 Å². The Morgan fingerprint density at radius 3 is 3.00 bits per heavy atom. The van der Waals surface area contributed by atoms with E-state index in [1.165, 1.54) is 11.3 Å². The molecule has 1 atom stereocenters. The van der Waals surface area contributed by atoms with Crippen LogP contribution in [0.3, 0.4) is 0 Å². The molecule has 0 saturated carbocycles. The highest BCUT2D eigenvalue weighted by atomic mass is 32.1. The molecule has 2 N–H and O–H groups in total. The van der Waals surface area contributed by atoms with Gasteiger partial charge in [0.1, 0.15) is 11.4 Å². The lowest BCUT2D eigenvalue weighted by atomic mass is 10.1. The number of anilines is 1. The summed E-state index contributed by atoms with van der Waals surface area (Å²) >= 11 is 1.31. The van der Waals surface area contributed by atoms with Gasteiger partial charge in [-0.3, -0.25) is 4.79 Å². The number of hydrogen-bond acceptors (Lipinski definition) is 5. The van der Waals surface area contributed by atoms with Gasteiger partial charge in [0.15, 0.2) is 5.13 Å². The second-order valence-corrected chi connectivity index (χ2v) is 4.38. The summed E-state index contributed by atoms with van der Waals surface area (Å²) in [4.78, 5) is 15.7. The fourth-order valence-electron chi connectivity index (χ4n) is 0.963. The van der Waals surface area contributed by atoms with Crippen LogP contribution in [-0.2, 0) is 4.79 Å². The van der Waals surface area contributed by atoms with Crippen LogP contribution in [0.25, 0.3) is 0 Å². The fraction of sp³-hybridized carbons (Fsp3) is 0.500. The number of aromatic nitrogens is 1. The van der Waals surface area contributed by atoms with Crippen molar-refractivity contribution in [2.75, 3.05) is 5.32 Å². The molecule has 1 rings (SSSR count). The van der Waals surface area contributed by atoms with Crippen LogP contribution in [0.4, 0.5) is 5.13 Å². The van der Waals surface area contributed by atoms with Crippen molar-refractivity contribution < 1.29 is 10.0 Å². The normalized spacial score (nSPS) is 13.6. The van der Waals surface area contributed by atoms with Crippen molar-refractivity contribution in [1.29, 1.82) is 0 Å². The molecule has 0 saturated heterocycles. The molecule has 1 amide bonds. The van der Waals surface area contributed by atoms with E-state index < -0.39 is 0 Å². The molecular formula is C10H15N3O2S. The molecule has 1 unspecified atom stereocenters. The summed E-state index contributed by atoms with van der Waals surface area (Å²) < 4.78 is 0. The van der Waals surface area contributed by atoms with E-state index in [1.807, 2.05) is 13.8 Å². The van der Waals surface area contributed by atoms with Crippen molar-refractivity contribution in [2.24, 2.45) is 11.1 Å². The summed E-state index contributed by atoms with van der Waals surface area (Å²) in [5.41, 5.74) is 1.01. The van der Waals surface area contributed by atoms with Gasteiger partial charge >= 0.3 is 0 Å². The molecule has 16 heavy (non-hydrogen) atoms. The number of carbonyl (C=O) groups excluding carboxylic acids is 1. The highest BCUT2D eigenvalue weighted by molar-refractivity contribution is 7.14. The zero-order chi connectivity index (χ0) is 12.1. The predicted octanol–water partition coefficient (Wildman–Crippen LogP) is 2.33. The SMILES string of the molecule is CCC(C)C(=O)Nc1nc(C(C)=NO)cs1. The number of thiazole rings is 1. The van der Waals surface area contributed by atoms with Gasteiger partial charge in [-0.05, 0) is 13.3 Å². The third-order valence-corrected chi connectivity index (χ3v) is 3.07. The summed E-state index contributed by atoms with van der Waals surface area (Å²) in [6, 6.07) is 0. The second kappa shape index (κ2) is 5.60. The van der Waals surface area contributed by atoms with Crippen molar-refractivity contribution in [2.45, 2.75) is 27.2 Å². The first-order valence-corrected chi connectivity index (χ1v) is 5.91. The molecule has 88 valence electrons. The molecule has 0 aliphatic carbocycles. The van der Waals surface area contributed by atoms with Gasteiger partial charge in [0, 0.05) is 11.3 Å². The monoisotopic (exact) mass is 241 g/mol. The molecule has 0 radical (unpaired) electrons. The van der Waals surface area contributed by atoms with Gasteiger partial charge in [0.2, 0.25) is 5.91 Å². The minimum atomic E-state index is -0.0398. The molecular weight excluding hydrogens is 226 g/mol. The number of nitrogens with one attached hydrogen (secondary N) is 1. The van der Waals surface area contributed by atoms with E-state index in [0.29, 0.717) is 16.5 Å². The minimum Gasteiger partial charge on any atom is -0.411 e. The van der Waals surface area contributed by atoms with Crippen LogP contribution in [0, 0.1) is 5.92 Å². The lowest BCUT2D eigenvalue weighted by molar-refractivity contribution is -0.119. The van der Waals surface area contributed by atoms with E-state index >= 15 is 0 Å². The first-order chi connectivity index (χ1) is 7.58. The Morgan fingerprint density at radius 2 is 2.44 bits per heavy atom. The van der Waals surface area contributed by atoms with Crippen LogP contribution in [0.1, 0.15) is 32.9 Å². The number of amides is 1. The van der Waals surface area contributed by atoms with E-state index in [4.69, 9.17) is 5.21 Å². The molecule has 0 aliphatic rings. The first kappa shape index (κ1) is 12.6. The predicted molar refractivity (Wildman–Crippen MR) is 64.2 cm³/mol. The van der Waals surface area contributed by atoms with Gasteiger partial charge in [-0.2, -0.15) is 0 Å². The maximum Gasteiger partial charge on any atom is 0.228 e. The molecule has 5 nitrogen and oxygen atoms in total. The average Bonchev–Trinajstić information content (AvgIpc) is 2.75. The van der Waals surface area contributed by atoms with E-state index in [9.17, 15) is 4.79 Å². The van der Waals surface area contributed by atoms with Crippen LogP contribution >= 0.6 is 11.3 Å². The number of oxime groups is 1. The largest absolute Gasteiger partial charge is 0.411 e. The highest BCUT2D eigenvalue weighted by Crippen LogP contribution is 2.17. The maximum atomic E-state index is 11.6. The molecule has 0 bridgehead atoms. The Hall–Kier alpha value is -1.43. The summed E-state index contributed by atoms with van der Waals surface area (Å²) in [5.74, 6) is -0.0676. The second-order valence-electron chi connectivity index (χ2n) is 3.52. The molecule has 1 heterocycles. The quantitative estimate of drug-likeness (QED) is 0.482. The summed E-state index contributed by atoms with van der Waals surface area (Å²) in [6.45, 7) is 5.47. The van der Waals surface area contributed by atoms with Gasteiger partial charge in [-0.25, -0.2) is 4.98 Å². The molecule has 0 aromatic carbocycles. The van der Waals surface area contributed by atoms with Gasteiger partial charge in [-0.15, -0.1) is 11.3 Å². The van der Waals surface area contributed by atoms with Gasteiger partial charge < -0.3 is 10.5 Å². The molecule has 1 aromatic heterocycles. The average molecular weight is 241 g/mol. The lowest BCUT2D eigenvalue weighted by Crippen LogP contribution is -2.19. The van der Waals surface area contributed by atoms with Crippen molar-refractivity contribution in [3.8, 4) is 0 Å². The lowest BCUT2D eigenvalue weighted by Gasteiger charge is -2.06. The summed E-state index contributed by atoms with van der Waals surface area (Å²) in [5, 5.41) is 16.6. The summed E-state index contributed by atoms with van der Waals surface area (Å²) in [7, 11) is 0. The third kappa shape index (κ3) is 3.03. The van der Waals surface area contributed by atoms with E-state index in [2.05, 4.69) is 15.5 Å². The van der Waals surface area contributed by atoms with Crippen LogP contribution in [0.2, 0.25) is 0 Å². The molecule has 0 spiro atoms. The Balaban J connectivity index is 2.69. The fourth-order valence-corrected chi connectivity index (χ4v) is 1.72. The molecule has 0 aliphatic heterocycles. The number of hydrogen-bond donors (Lipinski definition) is 2. The minimum absolute atomic E-state index is 0.0278. The number of nitrogens with zero attached hydrogens (tertiary/aromatic N) is 2. The van der Waals surface area contributed by atoms with Gasteiger partial charge in [-0.1, -0.05) is 19.0 Å². The van der Waals surface area contributed by atoms with Crippen LogP contribution in [0.15, 0.2) is 10.5 Å². The zero-order valence-electron chi connectivity index (χ0n) is 9.52. The van der Waals surface area contributed by atoms with Crippen molar-refractivity contribution in [3.63, 3.8) is 0 Å². The van der Waals surface area contributed by atoms with Crippen LogP contribution < -0.4 is 5.32 Å². The Labute approximate surface area is 98.2 Å². The molecule has 1 aromatic rings. The maximum absolute atomic E-state index is 11.6. The van der Waals surface area contributed by atoms with E-state index in [0.717, 1.165) is 6.42 Å². The van der Waals surface area contributed by atoms with Crippen molar-refractivity contribution in [3.05, 3.63) is 11.1 Å². The number of rotatable bonds is 4. The Kier molecular flexibility index (Phi) is 4.42. The van der Waals surface area contributed by atoms with E-state index in [1.54, 1.807) is 12.3 Å². The van der Waals surface area contributed by atoms with Crippen LogP contribution in [0.5, 0.6) is 0 Å². The molecule has 0 fully saturated rings. The third-order valence-electron chi connectivity index (χ3n) is 2.31. The molecule has 6 heteroatoms.